The third kappa shape index (κ3) is 6.22. The summed E-state index contributed by atoms with van der Waals surface area (Å²) in [5, 5.41) is 3.15. The van der Waals surface area contributed by atoms with Crippen LogP contribution in [0.25, 0.3) is 0 Å². The van der Waals surface area contributed by atoms with Crippen molar-refractivity contribution in [3.05, 3.63) is 96.1 Å². The molecule has 1 aliphatic heterocycles. The molecule has 3 aromatic rings. The molecule has 0 spiro atoms. The van der Waals surface area contributed by atoms with Crippen LogP contribution in [0.3, 0.4) is 0 Å². The molecule has 1 unspecified atom stereocenters. The van der Waals surface area contributed by atoms with E-state index in [2.05, 4.69) is 26.9 Å². The van der Waals surface area contributed by atoms with E-state index in [0.717, 1.165) is 38.3 Å². The Morgan fingerprint density at radius 1 is 0.853 bits per heavy atom. The van der Waals surface area contributed by atoms with Gasteiger partial charge in [0.05, 0.1) is 10.9 Å². The average molecular weight is 479 g/mol. The highest BCUT2D eigenvalue weighted by molar-refractivity contribution is 7.92. The molecule has 1 fully saturated rings. The molecule has 8 heteroatoms. The van der Waals surface area contributed by atoms with E-state index in [1.807, 2.05) is 36.4 Å². The number of nitrogens with zero attached hydrogens (tertiary/aromatic N) is 2. The fourth-order valence-electron chi connectivity index (χ4n) is 3.96. The van der Waals surface area contributed by atoms with E-state index in [4.69, 9.17) is 0 Å². The summed E-state index contributed by atoms with van der Waals surface area (Å²) in [7, 11) is -1.62. The summed E-state index contributed by atoms with van der Waals surface area (Å²) in [6, 6.07) is 24.5. The first kappa shape index (κ1) is 23.9. The third-order valence-electron chi connectivity index (χ3n) is 6.00. The maximum Gasteiger partial charge on any atom is 0.261 e. The number of carbonyl (C=O) groups is 1. The lowest BCUT2D eigenvalue weighted by atomic mass is 10.0. The van der Waals surface area contributed by atoms with Crippen molar-refractivity contribution in [3.63, 3.8) is 0 Å². The van der Waals surface area contributed by atoms with E-state index >= 15 is 0 Å². The van der Waals surface area contributed by atoms with Crippen molar-refractivity contribution >= 4 is 21.6 Å². The van der Waals surface area contributed by atoms with Crippen molar-refractivity contribution < 1.29 is 13.2 Å². The van der Waals surface area contributed by atoms with Crippen molar-refractivity contribution in [3.8, 4) is 0 Å². The van der Waals surface area contributed by atoms with E-state index in [0.29, 0.717) is 11.3 Å². The molecule has 1 saturated heterocycles. The zero-order valence-corrected chi connectivity index (χ0v) is 20.0. The Hall–Kier alpha value is -3.20. The highest BCUT2D eigenvalue weighted by atomic mass is 32.2. The van der Waals surface area contributed by atoms with Crippen LogP contribution in [0.1, 0.15) is 22.0 Å². The van der Waals surface area contributed by atoms with Crippen LogP contribution in [-0.2, 0) is 10.0 Å². The van der Waals surface area contributed by atoms with E-state index in [9.17, 15) is 13.2 Å². The maximum atomic E-state index is 13.1. The molecular weight excluding hydrogens is 448 g/mol. The first-order chi connectivity index (χ1) is 16.4. The number of piperazine rings is 1. The van der Waals surface area contributed by atoms with Crippen LogP contribution < -0.4 is 10.0 Å². The standard InChI is InChI=1S/C26H30N4O3S/c1-29-16-18-30(19-17-29)20-25(21-8-4-2-5-9-21)27-26(31)22-12-14-24(15-13-22)34(32,33)28-23-10-6-3-7-11-23/h2-15,25,28H,16-20H2,1H3,(H,27,31). The lowest BCUT2D eigenvalue weighted by Crippen LogP contribution is -2.47. The van der Waals surface area contributed by atoms with Crippen LogP contribution in [0.15, 0.2) is 89.8 Å². The van der Waals surface area contributed by atoms with Gasteiger partial charge < -0.3 is 10.2 Å². The Balaban J connectivity index is 1.46. The molecule has 0 aromatic heterocycles. The molecule has 1 heterocycles. The van der Waals surface area contributed by atoms with E-state index in [1.54, 1.807) is 36.4 Å². The topological polar surface area (TPSA) is 81.8 Å². The summed E-state index contributed by atoms with van der Waals surface area (Å²) < 4.78 is 27.9. The van der Waals surface area contributed by atoms with Gasteiger partial charge in [-0.15, -0.1) is 0 Å². The number of amides is 1. The third-order valence-corrected chi connectivity index (χ3v) is 7.39. The minimum Gasteiger partial charge on any atom is -0.344 e. The first-order valence-corrected chi connectivity index (χ1v) is 12.8. The molecule has 0 aliphatic carbocycles. The van der Waals surface area contributed by atoms with Crippen molar-refractivity contribution in [1.29, 1.82) is 0 Å². The first-order valence-electron chi connectivity index (χ1n) is 11.4. The molecule has 7 nitrogen and oxygen atoms in total. The largest absolute Gasteiger partial charge is 0.344 e. The Bertz CT molecular complexity index is 1180. The van der Waals surface area contributed by atoms with Gasteiger partial charge in [0.1, 0.15) is 0 Å². The number of hydrogen-bond acceptors (Lipinski definition) is 5. The van der Waals surface area contributed by atoms with Crippen LogP contribution >= 0.6 is 0 Å². The van der Waals surface area contributed by atoms with Gasteiger partial charge in [-0.2, -0.15) is 0 Å². The lowest BCUT2D eigenvalue weighted by molar-refractivity contribution is 0.0907. The highest BCUT2D eigenvalue weighted by Crippen LogP contribution is 2.19. The second-order valence-electron chi connectivity index (χ2n) is 8.54. The average Bonchev–Trinajstić information content (AvgIpc) is 2.86. The van der Waals surface area contributed by atoms with Crippen LogP contribution in [0.2, 0.25) is 0 Å². The monoisotopic (exact) mass is 478 g/mol. The number of anilines is 1. The predicted molar refractivity (Wildman–Crippen MR) is 134 cm³/mol. The number of nitrogens with one attached hydrogen (secondary N) is 2. The van der Waals surface area contributed by atoms with Crippen molar-refractivity contribution in [2.24, 2.45) is 0 Å². The number of hydrogen-bond donors (Lipinski definition) is 2. The van der Waals surface area contributed by atoms with Crippen molar-refractivity contribution in [2.45, 2.75) is 10.9 Å². The van der Waals surface area contributed by atoms with Crippen LogP contribution in [0, 0.1) is 0 Å². The molecule has 0 radical (unpaired) electrons. The second kappa shape index (κ2) is 10.8. The van der Waals surface area contributed by atoms with Crippen molar-refractivity contribution in [1.82, 2.24) is 15.1 Å². The zero-order valence-electron chi connectivity index (χ0n) is 19.2. The Morgan fingerprint density at radius 3 is 2.06 bits per heavy atom. The summed E-state index contributed by atoms with van der Waals surface area (Å²) in [6.45, 7) is 4.63. The molecule has 0 saturated carbocycles. The van der Waals surface area contributed by atoms with Gasteiger partial charge in [-0.1, -0.05) is 48.5 Å². The zero-order chi connectivity index (χ0) is 24.0. The summed E-state index contributed by atoms with van der Waals surface area (Å²) in [6.07, 6.45) is 0. The van der Waals surface area contributed by atoms with Gasteiger partial charge in [-0.05, 0) is 49.0 Å². The summed E-state index contributed by atoms with van der Waals surface area (Å²) in [4.78, 5) is 17.8. The lowest BCUT2D eigenvalue weighted by Gasteiger charge is -2.35. The fraction of sp³-hybridized carbons (Fsp3) is 0.269. The van der Waals surface area contributed by atoms with Crippen molar-refractivity contribution in [2.75, 3.05) is 44.5 Å². The van der Waals surface area contributed by atoms with Crippen LogP contribution in [0.5, 0.6) is 0 Å². The Labute approximate surface area is 201 Å². The van der Waals surface area contributed by atoms with Gasteiger partial charge in [-0.3, -0.25) is 14.4 Å². The summed E-state index contributed by atoms with van der Waals surface area (Å²) >= 11 is 0. The minimum atomic E-state index is -3.74. The smallest absolute Gasteiger partial charge is 0.261 e. The molecule has 1 atom stereocenters. The molecule has 34 heavy (non-hydrogen) atoms. The minimum absolute atomic E-state index is 0.102. The number of benzene rings is 3. The quantitative estimate of drug-likeness (QED) is 0.520. The Morgan fingerprint density at radius 2 is 1.44 bits per heavy atom. The van der Waals surface area contributed by atoms with Crippen LogP contribution in [-0.4, -0.2) is 63.9 Å². The molecule has 1 aliphatic rings. The number of carbonyl (C=O) groups excluding carboxylic acids is 1. The summed E-state index contributed by atoms with van der Waals surface area (Å²) in [5.74, 6) is -0.233. The molecule has 0 bridgehead atoms. The molecule has 3 aromatic carbocycles. The van der Waals surface area contributed by atoms with Gasteiger partial charge in [0.2, 0.25) is 0 Å². The maximum absolute atomic E-state index is 13.1. The van der Waals surface area contributed by atoms with Crippen LogP contribution in [0.4, 0.5) is 5.69 Å². The van der Waals surface area contributed by atoms with Gasteiger partial charge in [0.25, 0.3) is 15.9 Å². The SMILES string of the molecule is CN1CCN(CC(NC(=O)c2ccc(S(=O)(=O)Nc3ccccc3)cc2)c2ccccc2)CC1. The predicted octanol–water partition coefficient (Wildman–Crippen LogP) is 3.21. The number of likely N-dealkylation sites (N-methyl/N-ethyl adjacent to an activating group) is 1. The van der Waals surface area contributed by atoms with E-state index in [1.165, 1.54) is 12.1 Å². The second-order valence-corrected chi connectivity index (χ2v) is 10.2. The Kier molecular flexibility index (Phi) is 7.62. The number of para-hydroxylation sites is 1. The van der Waals surface area contributed by atoms with Gasteiger partial charge >= 0.3 is 0 Å². The normalized spacial score (nSPS) is 16.0. The molecular formula is C26H30N4O3S. The van der Waals surface area contributed by atoms with Gasteiger partial charge in [-0.25, -0.2) is 8.42 Å². The molecule has 178 valence electrons. The van der Waals surface area contributed by atoms with E-state index in [-0.39, 0.29) is 16.8 Å². The number of sulfonamides is 1. The fourth-order valence-corrected chi connectivity index (χ4v) is 5.01. The van der Waals surface area contributed by atoms with Gasteiger partial charge in [0.15, 0.2) is 0 Å². The number of rotatable bonds is 8. The molecule has 4 rings (SSSR count). The van der Waals surface area contributed by atoms with Gasteiger partial charge in [0, 0.05) is 44.0 Å². The highest BCUT2D eigenvalue weighted by Gasteiger charge is 2.22. The van der Waals surface area contributed by atoms with E-state index < -0.39 is 10.0 Å². The summed E-state index contributed by atoms with van der Waals surface area (Å²) in [5.41, 5.74) is 1.94. The molecule has 1 amide bonds. The molecule has 2 N–H and O–H groups in total.